The summed E-state index contributed by atoms with van der Waals surface area (Å²) >= 11 is 3.68. The van der Waals surface area contributed by atoms with Crippen molar-refractivity contribution in [3.63, 3.8) is 0 Å². The fourth-order valence-corrected chi connectivity index (χ4v) is 4.28. The molecule has 1 heterocycles. The van der Waals surface area contributed by atoms with E-state index in [0.717, 1.165) is 35.0 Å². The molecule has 144 valence electrons. The van der Waals surface area contributed by atoms with Crippen LogP contribution in [0.25, 0.3) is 0 Å². The average molecular weight is 434 g/mol. The van der Waals surface area contributed by atoms with Crippen molar-refractivity contribution < 1.29 is 19.4 Å². The Labute approximate surface area is 168 Å². The standard InChI is InChI=1S/C21H24BrNO4/c1-26-18-11-16(17(22)12-19(18)27-2)20(14-7-4-3-5-8-14)23-10-6-9-15(13-23)21(24)25/h3-5,7-8,11-12,15,20H,6,9-10,13H2,1-2H3,(H,24,25). The van der Waals surface area contributed by atoms with Gasteiger partial charge in [-0.2, -0.15) is 0 Å². The number of aliphatic carboxylic acids is 1. The predicted octanol–water partition coefficient (Wildman–Crippen LogP) is 4.35. The lowest BCUT2D eigenvalue weighted by molar-refractivity contribution is -0.143. The number of halogens is 1. The number of rotatable bonds is 6. The first-order valence-electron chi connectivity index (χ1n) is 8.98. The highest BCUT2D eigenvalue weighted by atomic mass is 79.9. The fourth-order valence-electron chi connectivity index (χ4n) is 3.74. The molecule has 0 aromatic heterocycles. The zero-order valence-corrected chi connectivity index (χ0v) is 17.1. The Morgan fingerprint density at radius 3 is 2.48 bits per heavy atom. The quantitative estimate of drug-likeness (QED) is 0.733. The first-order chi connectivity index (χ1) is 13.0. The van der Waals surface area contributed by atoms with Crippen LogP contribution in [0.3, 0.4) is 0 Å². The molecule has 2 unspecified atom stereocenters. The molecule has 1 N–H and O–H groups in total. The van der Waals surface area contributed by atoms with Crippen LogP contribution in [-0.2, 0) is 4.79 Å². The fraction of sp³-hybridized carbons (Fsp3) is 0.381. The summed E-state index contributed by atoms with van der Waals surface area (Å²) in [4.78, 5) is 13.8. The van der Waals surface area contributed by atoms with Crippen molar-refractivity contribution in [2.24, 2.45) is 5.92 Å². The van der Waals surface area contributed by atoms with Gasteiger partial charge in [-0.05, 0) is 42.6 Å². The summed E-state index contributed by atoms with van der Waals surface area (Å²) in [6, 6.07) is 14.0. The Kier molecular flexibility index (Phi) is 6.39. The van der Waals surface area contributed by atoms with Gasteiger partial charge in [0.15, 0.2) is 11.5 Å². The number of hydrogen-bond donors (Lipinski definition) is 1. The van der Waals surface area contributed by atoms with E-state index in [2.05, 4.69) is 33.0 Å². The van der Waals surface area contributed by atoms with Crippen molar-refractivity contribution in [1.29, 1.82) is 0 Å². The number of carbonyl (C=O) groups is 1. The van der Waals surface area contributed by atoms with Gasteiger partial charge in [-0.15, -0.1) is 0 Å². The molecule has 2 aromatic carbocycles. The molecule has 0 bridgehead atoms. The minimum Gasteiger partial charge on any atom is -0.493 e. The highest BCUT2D eigenvalue weighted by molar-refractivity contribution is 9.10. The second-order valence-corrected chi connectivity index (χ2v) is 7.57. The van der Waals surface area contributed by atoms with Gasteiger partial charge in [-0.25, -0.2) is 0 Å². The molecule has 0 radical (unpaired) electrons. The van der Waals surface area contributed by atoms with E-state index in [-0.39, 0.29) is 12.0 Å². The third-order valence-corrected chi connectivity index (χ3v) is 5.77. The van der Waals surface area contributed by atoms with Gasteiger partial charge in [0, 0.05) is 11.0 Å². The van der Waals surface area contributed by atoms with Gasteiger partial charge < -0.3 is 14.6 Å². The lowest BCUT2D eigenvalue weighted by Crippen LogP contribution is -2.41. The van der Waals surface area contributed by atoms with Crippen LogP contribution in [0.4, 0.5) is 0 Å². The van der Waals surface area contributed by atoms with Gasteiger partial charge in [-0.1, -0.05) is 46.3 Å². The van der Waals surface area contributed by atoms with Gasteiger partial charge in [0.05, 0.1) is 26.2 Å². The zero-order chi connectivity index (χ0) is 19.4. The Bertz CT molecular complexity index is 796. The molecule has 1 saturated heterocycles. The van der Waals surface area contributed by atoms with Gasteiger partial charge in [0.2, 0.25) is 0 Å². The molecule has 1 aliphatic heterocycles. The SMILES string of the molecule is COc1cc(Br)c(C(c2ccccc2)N2CCCC(C(=O)O)C2)cc1OC. The van der Waals surface area contributed by atoms with E-state index in [9.17, 15) is 9.90 Å². The van der Waals surface area contributed by atoms with Crippen LogP contribution in [0.1, 0.15) is 30.0 Å². The van der Waals surface area contributed by atoms with Crippen LogP contribution in [0, 0.1) is 5.92 Å². The van der Waals surface area contributed by atoms with Crippen molar-refractivity contribution in [2.45, 2.75) is 18.9 Å². The maximum absolute atomic E-state index is 11.6. The van der Waals surface area contributed by atoms with Crippen molar-refractivity contribution >= 4 is 21.9 Å². The topological polar surface area (TPSA) is 59.0 Å². The molecule has 3 rings (SSSR count). The number of nitrogens with zero attached hydrogens (tertiary/aromatic N) is 1. The summed E-state index contributed by atoms with van der Waals surface area (Å²) in [5.74, 6) is 0.243. The molecule has 1 aliphatic rings. The third-order valence-electron chi connectivity index (χ3n) is 5.08. The number of likely N-dealkylation sites (tertiary alicyclic amines) is 1. The summed E-state index contributed by atoms with van der Waals surface area (Å²) in [5.41, 5.74) is 2.15. The van der Waals surface area contributed by atoms with E-state index in [1.807, 2.05) is 30.3 Å². The average Bonchev–Trinajstić information content (AvgIpc) is 2.70. The van der Waals surface area contributed by atoms with Crippen molar-refractivity contribution in [3.8, 4) is 11.5 Å². The number of carboxylic acids is 1. The number of piperidine rings is 1. The van der Waals surface area contributed by atoms with E-state index in [4.69, 9.17) is 9.47 Å². The van der Waals surface area contributed by atoms with Gasteiger partial charge >= 0.3 is 5.97 Å². The maximum Gasteiger partial charge on any atom is 0.307 e. The molecule has 0 saturated carbocycles. The van der Waals surface area contributed by atoms with Crippen LogP contribution in [0.2, 0.25) is 0 Å². The van der Waals surface area contributed by atoms with Gasteiger partial charge in [0.25, 0.3) is 0 Å². The first-order valence-corrected chi connectivity index (χ1v) is 9.77. The summed E-state index contributed by atoms with van der Waals surface area (Å²) in [6.07, 6.45) is 1.59. The molecule has 5 nitrogen and oxygen atoms in total. The molecule has 0 spiro atoms. The molecule has 6 heteroatoms. The second kappa shape index (κ2) is 8.76. The number of carboxylic acid groups (broad SMARTS) is 1. The van der Waals surface area contributed by atoms with Crippen molar-refractivity contribution in [1.82, 2.24) is 4.90 Å². The summed E-state index contributed by atoms with van der Waals surface area (Å²) in [5, 5.41) is 9.51. The van der Waals surface area contributed by atoms with Crippen LogP contribution >= 0.6 is 15.9 Å². The van der Waals surface area contributed by atoms with E-state index in [1.54, 1.807) is 14.2 Å². The Hall–Kier alpha value is -2.05. The maximum atomic E-state index is 11.6. The highest BCUT2D eigenvalue weighted by Gasteiger charge is 2.32. The highest BCUT2D eigenvalue weighted by Crippen LogP contribution is 2.41. The summed E-state index contributed by atoms with van der Waals surface area (Å²) in [7, 11) is 3.23. The van der Waals surface area contributed by atoms with Gasteiger partial charge in [-0.3, -0.25) is 9.69 Å². The third kappa shape index (κ3) is 4.28. The number of hydrogen-bond acceptors (Lipinski definition) is 4. The van der Waals surface area contributed by atoms with Gasteiger partial charge in [0.1, 0.15) is 0 Å². The lowest BCUT2D eigenvalue weighted by atomic mass is 9.91. The lowest BCUT2D eigenvalue weighted by Gasteiger charge is -2.38. The number of benzene rings is 2. The monoisotopic (exact) mass is 433 g/mol. The first kappa shape index (κ1) is 19.7. The van der Waals surface area contributed by atoms with Crippen LogP contribution in [0.5, 0.6) is 11.5 Å². The van der Waals surface area contributed by atoms with E-state index < -0.39 is 5.97 Å². The zero-order valence-electron chi connectivity index (χ0n) is 15.5. The summed E-state index contributed by atoms with van der Waals surface area (Å²) < 4.78 is 11.8. The second-order valence-electron chi connectivity index (χ2n) is 6.71. The van der Waals surface area contributed by atoms with Crippen LogP contribution in [0.15, 0.2) is 46.9 Å². The van der Waals surface area contributed by atoms with E-state index in [1.165, 1.54) is 0 Å². The Morgan fingerprint density at radius 1 is 1.19 bits per heavy atom. The Morgan fingerprint density at radius 2 is 1.85 bits per heavy atom. The van der Waals surface area contributed by atoms with E-state index >= 15 is 0 Å². The molecular weight excluding hydrogens is 410 g/mol. The largest absolute Gasteiger partial charge is 0.493 e. The molecule has 0 aliphatic carbocycles. The molecule has 27 heavy (non-hydrogen) atoms. The van der Waals surface area contributed by atoms with Crippen LogP contribution in [-0.4, -0.2) is 43.3 Å². The number of methoxy groups -OCH3 is 2. The molecular formula is C21H24BrNO4. The smallest absolute Gasteiger partial charge is 0.307 e. The molecule has 1 fully saturated rings. The van der Waals surface area contributed by atoms with E-state index in [0.29, 0.717) is 18.0 Å². The predicted molar refractivity (Wildman–Crippen MR) is 107 cm³/mol. The minimum atomic E-state index is -0.724. The van der Waals surface area contributed by atoms with Crippen molar-refractivity contribution in [2.75, 3.05) is 27.3 Å². The molecule has 2 atom stereocenters. The number of ether oxygens (including phenoxy) is 2. The van der Waals surface area contributed by atoms with Crippen LogP contribution < -0.4 is 9.47 Å². The Balaban J connectivity index is 2.07. The minimum absolute atomic E-state index is 0.0671. The normalized spacial score (nSPS) is 18.7. The molecule has 0 amide bonds. The molecule has 2 aromatic rings. The van der Waals surface area contributed by atoms with Crippen molar-refractivity contribution in [3.05, 3.63) is 58.1 Å². The summed E-state index contributed by atoms with van der Waals surface area (Å²) in [6.45, 7) is 1.37.